The van der Waals surface area contributed by atoms with E-state index >= 15 is 0 Å². The van der Waals surface area contributed by atoms with Crippen molar-refractivity contribution in [1.82, 2.24) is 9.55 Å². The third kappa shape index (κ3) is 3.71. The molecule has 2 aromatic carbocycles. The predicted octanol–water partition coefficient (Wildman–Crippen LogP) is 4.20. The van der Waals surface area contributed by atoms with E-state index in [4.69, 9.17) is 14.5 Å². The lowest BCUT2D eigenvalue weighted by molar-refractivity contribution is 0.283. The third-order valence-electron chi connectivity index (χ3n) is 4.06. The van der Waals surface area contributed by atoms with E-state index in [0.717, 1.165) is 39.2 Å². The molecule has 136 valence electrons. The second kappa shape index (κ2) is 7.85. The Labute approximate surface area is 157 Å². The first-order chi connectivity index (χ1) is 12.5. The molecule has 0 saturated carbocycles. The Hall–Kier alpha value is -2.44. The molecule has 3 rings (SSSR count). The molecule has 0 aliphatic rings. The first-order valence-electron chi connectivity index (χ1n) is 8.23. The van der Waals surface area contributed by atoms with Crippen LogP contribution in [-0.4, -0.2) is 34.3 Å². The van der Waals surface area contributed by atoms with Crippen molar-refractivity contribution >= 4 is 11.8 Å². The summed E-state index contributed by atoms with van der Waals surface area (Å²) in [4.78, 5) is 4.79. The largest absolute Gasteiger partial charge is 0.497 e. The van der Waals surface area contributed by atoms with Crippen LogP contribution in [0, 0.1) is 0 Å². The summed E-state index contributed by atoms with van der Waals surface area (Å²) in [5, 5.41) is 10.5. The van der Waals surface area contributed by atoms with Gasteiger partial charge in [0.15, 0.2) is 5.16 Å². The van der Waals surface area contributed by atoms with Crippen LogP contribution in [0.1, 0.15) is 6.92 Å². The molecule has 1 atom stereocenters. The summed E-state index contributed by atoms with van der Waals surface area (Å²) in [6.07, 6.45) is 0. The highest BCUT2D eigenvalue weighted by Crippen LogP contribution is 2.36. The maximum absolute atomic E-state index is 9.78. The van der Waals surface area contributed by atoms with Crippen LogP contribution in [0.25, 0.3) is 22.5 Å². The molecule has 26 heavy (non-hydrogen) atoms. The van der Waals surface area contributed by atoms with Gasteiger partial charge in [-0.05, 0) is 55.5 Å². The summed E-state index contributed by atoms with van der Waals surface area (Å²) in [5.41, 5.74) is 3.33. The monoisotopic (exact) mass is 370 g/mol. The summed E-state index contributed by atoms with van der Waals surface area (Å²) < 4.78 is 12.5. The number of hydrogen-bond acceptors (Lipinski definition) is 5. The van der Waals surface area contributed by atoms with E-state index in [9.17, 15) is 5.11 Å². The van der Waals surface area contributed by atoms with E-state index in [1.165, 1.54) is 11.8 Å². The molecule has 3 aromatic rings. The molecular formula is C20H22N2O3S. The smallest absolute Gasteiger partial charge is 0.171 e. The van der Waals surface area contributed by atoms with E-state index in [1.807, 2.05) is 60.1 Å². The molecule has 1 heterocycles. The average Bonchev–Trinajstić information content (AvgIpc) is 2.97. The SMILES string of the molecule is COc1ccc(-c2nc(SC(C)O)n(C)c2-c2ccc(OC)cc2)cc1. The third-order valence-corrected chi connectivity index (χ3v) is 4.97. The Kier molecular flexibility index (Phi) is 5.54. The summed E-state index contributed by atoms with van der Waals surface area (Å²) in [6.45, 7) is 1.74. The van der Waals surface area contributed by atoms with Crippen LogP contribution in [0.2, 0.25) is 0 Å². The molecule has 0 amide bonds. The average molecular weight is 370 g/mol. The van der Waals surface area contributed by atoms with Gasteiger partial charge in [-0.2, -0.15) is 0 Å². The lowest BCUT2D eigenvalue weighted by Gasteiger charge is -2.09. The summed E-state index contributed by atoms with van der Waals surface area (Å²) in [7, 11) is 5.26. The quantitative estimate of drug-likeness (QED) is 0.520. The molecule has 0 saturated heterocycles. The zero-order chi connectivity index (χ0) is 18.7. The van der Waals surface area contributed by atoms with Gasteiger partial charge in [0.05, 0.1) is 25.6 Å². The van der Waals surface area contributed by atoms with Gasteiger partial charge in [-0.15, -0.1) is 0 Å². The number of methoxy groups -OCH3 is 2. The van der Waals surface area contributed by atoms with Gasteiger partial charge in [0.2, 0.25) is 0 Å². The molecule has 1 N–H and O–H groups in total. The topological polar surface area (TPSA) is 56.5 Å². The maximum atomic E-state index is 9.78. The van der Waals surface area contributed by atoms with E-state index in [1.54, 1.807) is 21.1 Å². The van der Waals surface area contributed by atoms with Crippen LogP contribution in [0.3, 0.4) is 0 Å². The molecule has 0 fully saturated rings. The second-order valence-electron chi connectivity index (χ2n) is 5.82. The summed E-state index contributed by atoms with van der Waals surface area (Å²) in [5.74, 6) is 1.61. The zero-order valence-electron chi connectivity index (χ0n) is 15.3. The van der Waals surface area contributed by atoms with E-state index < -0.39 is 5.44 Å². The highest BCUT2D eigenvalue weighted by molar-refractivity contribution is 7.99. The molecule has 5 nitrogen and oxygen atoms in total. The molecule has 0 aliphatic heterocycles. The molecule has 6 heteroatoms. The Morgan fingerprint density at radius 2 is 1.42 bits per heavy atom. The fourth-order valence-electron chi connectivity index (χ4n) is 2.77. The van der Waals surface area contributed by atoms with Crippen molar-refractivity contribution in [3.63, 3.8) is 0 Å². The van der Waals surface area contributed by atoms with E-state index in [-0.39, 0.29) is 0 Å². The molecule has 0 bridgehead atoms. The second-order valence-corrected chi connectivity index (χ2v) is 7.11. The summed E-state index contributed by atoms with van der Waals surface area (Å²) >= 11 is 1.32. The van der Waals surface area contributed by atoms with Crippen molar-refractivity contribution in [2.75, 3.05) is 14.2 Å². The van der Waals surface area contributed by atoms with Crippen molar-refractivity contribution in [2.24, 2.45) is 7.05 Å². The number of imidazole rings is 1. The van der Waals surface area contributed by atoms with Crippen LogP contribution in [-0.2, 0) is 7.05 Å². The van der Waals surface area contributed by atoms with Gasteiger partial charge in [-0.25, -0.2) is 4.98 Å². The van der Waals surface area contributed by atoms with Crippen molar-refractivity contribution in [1.29, 1.82) is 0 Å². The first-order valence-corrected chi connectivity index (χ1v) is 9.11. The molecule has 0 radical (unpaired) electrons. The lowest BCUT2D eigenvalue weighted by atomic mass is 10.0. The Balaban J connectivity index is 2.13. The van der Waals surface area contributed by atoms with Crippen LogP contribution in [0.4, 0.5) is 0 Å². The number of nitrogens with zero attached hydrogens (tertiary/aromatic N) is 2. The minimum Gasteiger partial charge on any atom is -0.497 e. The fraction of sp³-hybridized carbons (Fsp3) is 0.250. The normalized spacial score (nSPS) is 12.0. The number of benzene rings is 2. The fourth-order valence-corrected chi connectivity index (χ4v) is 3.46. The Bertz CT molecular complexity index is 871. The van der Waals surface area contributed by atoms with Gasteiger partial charge in [-0.3, -0.25) is 0 Å². The molecule has 0 spiro atoms. The Morgan fingerprint density at radius 1 is 0.923 bits per heavy atom. The minimum absolute atomic E-state index is 0.538. The Morgan fingerprint density at radius 3 is 1.88 bits per heavy atom. The number of thioether (sulfide) groups is 1. The van der Waals surface area contributed by atoms with Crippen LogP contribution in [0.15, 0.2) is 53.7 Å². The van der Waals surface area contributed by atoms with Crippen molar-refractivity contribution < 1.29 is 14.6 Å². The first kappa shape index (κ1) is 18.4. The van der Waals surface area contributed by atoms with Crippen molar-refractivity contribution in [3.8, 4) is 34.0 Å². The number of aliphatic hydroxyl groups is 1. The standard InChI is InChI=1S/C20H22N2O3S/c1-13(23)26-20-21-18(14-5-9-16(24-3)10-6-14)19(22(20)2)15-7-11-17(25-4)12-8-15/h5-13,23H,1-4H3. The minimum atomic E-state index is -0.538. The van der Waals surface area contributed by atoms with Gasteiger partial charge in [0.25, 0.3) is 0 Å². The number of hydrogen-bond donors (Lipinski definition) is 1. The van der Waals surface area contributed by atoms with Crippen LogP contribution < -0.4 is 9.47 Å². The van der Waals surface area contributed by atoms with Gasteiger partial charge >= 0.3 is 0 Å². The van der Waals surface area contributed by atoms with Crippen LogP contribution >= 0.6 is 11.8 Å². The van der Waals surface area contributed by atoms with E-state index in [0.29, 0.717) is 0 Å². The number of ether oxygens (including phenoxy) is 2. The zero-order valence-corrected chi connectivity index (χ0v) is 16.1. The molecule has 0 aliphatic carbocycles. The van der Waals surface area contributed by atoms with Gasteiger partial charge in [-0.1, -0.05) is 11.8 Å². The number of aliphatic hydroxyl groups excluding tert-OH is 1. The van der Waals surface area contributed by atoms with Crippen LogP contribution in [0.5, 0.6) is 11.5 Å². The molecule has 1 unspecified atom stereocenters. The van der Waals surface area contributed by atoms with E-state index in [2.05, 4.69) is 0 Å². The van der Waals surface area contributed by atoms with Crippen molar-refractivity contribution in [3.05, 3.63) is 48.5 Å². The van der Waals surface area contributed by atoms with Gasteiger partial charge in [0.1, 0.15) is 16.9 Å². The van der Waals surface area contributed by atoms with Crippen molar-refractivity contribution in [2.45, 2.75) is 17.5 Å². The molecule has 1 aromatic heterocycles. The van der Waals surface area contributed by atoms with Gasteiger partial charge in [0, 0.05) is 18.2 Å². The number of aromatic nitrogens is 2. The van der Waals surface area contributed by atoms with Gasteiger partial charge < -0.3 is 19.1 Å². The molecular weight excluding hydrogens is 348 g/mol. The predicted molar refractivity (Wildman–Crippen MR) is 105 cm³/mol. The maximum Gasteiger partial charge on any atom is 0.171 e. The highest BCUT2D eigenvalue weighted by atomic mass is 32.2. The highest BCUT2D eigenvalue weighted by Gasteiger charge is 2.19. The summed E-state index contributed by atoms with van der Waals surface area (Å²) in [6, 6.07) is 15.7. The lowest BCUT2D eigenvalue weighted by Crippen LogP contribution is -1.99. The number of rotatable bonds is 6.